The highest BCUT2D eigenvalue weighted by Crippen LogP contribution is 2.38. The first-order chi connectivity index (χ1) is 16.9. The van der Waals surface area contributed by atoms with Crippen molar-refractivity contribution in [3.05, 3.63) is 29.6 Å². The van der Waals surface area contributed by atoms with Crippen molar-refractivity contribution in [1.29, 1.82) is 0 Å². The van der Waals surface area contributed by atoms with E-state index in [9.17, 15) is 9.59 Å². The summed E-state index contributed by atoms with van der Waals surface area (Å²) >= 11 is 0. The van der Waals surface area contributed by atoms with Crippen molar-refractivity contribution in [2.75, 3.05) is 58.6 Å². The summed E-state index contributed by atoms with van der Waals surface area (Å²) in [5.74, 6) is 1.39. The number of carbonyl (C=O) groups excluding carboxylic acids is 2. The molecule has 186 valence electrons. The first kappa shape index (κ1) is 24.4. The van der Waals surface area contributed by atoms with Crippen LogP contribution in [0.5, 0.6) is 11.5 Å². The van der Waals surface area contributed by atoms with Gasteiger partial charge in [-0.05, 0) is 26.0 Å². The summed E-state index contributed by atoms with van der Waals surface area (Å²) in [5, 5.41) is 6.13. The molecule has 0 spiro atoms. The number of hydrogen-bond donors (Lipinski definition) is 2. The second-order valence-corrected chi connectivity index (χ2v) is 8.69. The monoisotopic (exact) mass is 481 g/mol. The maximum absolute atomic E-state index is 12.7. The largest absolute Gasteiger partial charge is 0.493 e. The van der Waals surface area contributed by atoms with Crippen LogP contribution < -0.4 is 20.1 Å². The Balaban J connectivity index is 1.74. The van der Waals surface area contributed by atoms with Crippen molar-refractivity contribution in [3.63, 3.8) is 0 Å². The first-order valence-corrected chi connectivity index (χ1v) is 11.5. The predicted molar refractivity (Wildman–Crippen MR) is 133 cm³/mol. The van der Waals surface area contributed by atoms with Gasteiger partial charge in [0.15, 0.2) is 11.5 Å². The van der Waals surface area contributed by atoms with Crippen LogP contribution in [0.1, 0.15) is 29.9 Å². The number of anilines is 2. The Morgan fingerprint density at radius 2 is 1.83 bits per heavy atom. The highest BCUT2D eigenvalue weighted by molar-refractivity contribution is 6.13. The van der Waals surface area contributed by atoms with E-state index in [4.69, 9.17) is 9.47 Å². The molecule has 1 aromatic heterocycles. The smallest absolute Gasteiger partial charge is 0.238 e. The molecule has 2 amide bonds. The van der Waals surface area contributed by atoms with Gasteiger partial charge in [-0.1, -0.05) is 0 Å². The van der Waals surface area contributed by atoms with E-state index in [1.807, 2.05) is 25.1 Å². The van der Waals surface area contributed by atoms with E-state index in [-0.39, 0.29) is 18.4 Å². The van der Waals surface area contributed by atoms with Gasteiger partial charge in [0.05, 0.1) is 32.0 Å². The molecule has 2 aliphatic rings. The number of methoxy groups -OCH3 is 2. The fraction of sp³-hybridized carbons (Fsp3) is 0.458. The van der Waals surface area contributed by atoms with Crippen molar-refractivity contribution in [2.45, 2.75) is 25.3 Å². The number of rotatable bonds is 2. The van der Waals surface area contributed by atoms with Crippen LogP contribution in [-0.2, 0) is 16.1 Å². The Kier molecular flexibility index (Phi) is 7.45. The summed E-state index contributed by atoms with van der Waals surface area (Å²) in [6.45, 7) is 2.03. The lowest BCUT2D eigenvalue weighted by Crippen LogP contribution is -2.37. The summed E-state index contributed by atoms with van der Waals surface area (Å²) < 4.78 is 11.1. The highest BCUT2D eigenvalue weighted by Gasteiger charge is 2.33. The molecule has 4 rings (SSSR count). The number of amides is 2. The minimum absolute atomic E-state index is 0.0442. The molecule has 3 heterocycles. The number of hydrogen-bond acceptors (Lipinski definition) is 9. The summed E-state index contributed by atoms with van der Waals surface area (Å²) in [6.07, 6.45) is 4.71. The van der Waals surface area contributed by atoms with Crippen molar-refractivity contribution >= 4 is 35.4 Å². The molecular formula is C24H31N7O4. The molecule has 11 heteroatoms. The van der Waals surface area contributed by atoms with Gasteiger partial charge in [-0.15, -0.1) is 0 Å². The molecule has 0 fully saturated rings. The van der Waals surface area contributed by atoms with Gasteiger partial charge in [0.25, 0.3) is 0 Å². The Morgan fingerprint density at radius 3 is 2.60 bits per heavy atom. The molecule has 0 radical (unpaired) electrons. The van der Waals surface area contributed by atoms with E-state index < -0.39 is 5.92 Å². The average molecular weight is 482 g/mol. The number of ether oxygens (including phenoxy) is 2. The molecule has 1 aromatic carbocycles. The fourth-order valence-corrected chi connectivity index (χ4v) is 4.28. The van der Waals surface area contributed by atoms with E-state index in [2.05, 4.69) is 25.6 Å². The van der Waals surface area contributed by atoms with Crippen molar-refractivity contribution < 1.29 is 19.1 Å². The third-order valence-corrected chi connectivity index (χ3v) is 6.12. The van der Waals surface area contributed by atoms with Gasteiger partial charge in [-0.25, -0.2) is 9.97 Å². The van der Waals surface area contributed by atoms with Crippen LogP contribution in [0, 0.1) is 0 Å². The number of aliphatic imine (C=N–C) groups is 1. The average Bonchev–Trinajstić information content (AvgIpc) is 3.16. The maximum Gasteiger partial charge on any atom is 0.238 e. The second kappa shape index (κ2) is 10.7. The number of nitrogens with one attached hydrogen (secondary N) is 2. The van der Waals surface area contributed by atoms with Crippen LogP contribution >= 0.6 is 0 Å². The zero-order valence-corrected chi connectivity index (χ0v) is 20.5. The summed E-state index contributed by atoms with van der Waals surface area (Å²) in [5.41, 5.74) is 2.10. The van der Waals surface area contributed by atoms with Gasteiger partial charge in [-0.3, -0.25) is 19.5 Å². The molecule has 1 atom stereocenters. The quantitative estimate of drug-likeness (QED) is 0.668. The van der Waals surface area contributed by atoms with E-state index in [0.717, 1.165) is 18.4 Å². The summed E-state index contributed by atoms with van der Waals surface area (Å²) in [7, 11) is 6.85. The third-order valence-electron chi connectivity index (χ3n) is 6.12. The van der Waals surface area contributed by atoms with Crippen LogP contribution in [0.25, 0.3) is 0 Å². The van der Waals surface area contributed by atoms with Crippen LogP contribution in [-0.4, -0.2) is 85.7 Å². The molecule has 35 heavy (non-hydrogen) atoms. The molecular weight excluding hydrogens is 450 g/mol. The van der Waals surface area contributed by atoms with Crippen molar-refractivity contribution in [2.24, 2.45) is 4.99 Å². The van der Waals surface area contributed by atoms with Crippen molar-refractivity contribution in [3.8, 4) is 11.5 Å². The zero-order valence-electron chi connectivity index (χ0n) is 20.5. The molecule has 0 aliphatic carbocycles. The van der Waals surface area contributed by atoms with Gasteiger partial charge in [0, 0.05) is 44.5 Å². The Morgan fingerprint density at radius 1 is 1.03 bits per heavy atom. The lowest BCUT2D eigenvalue weighted by atomic mass is 10.0. The van der Waals surface area contributed by atoms with Gasteiger partial charge in [0.2, 0.25) is 11.8 Å². The van der Waals surface area contributed by atoms with Crippen molar-refractivity contribution in [1.82, 2.24) is 19.8 Å². The van der Waals surface area contributed by atoms with Crippen LogP contribution in [0.4, 0.5) is 17.3 Å². The Labute approximate surface area is 204 Å². The normalized spacial score (nSPS) is 19.3. The number of likely N-dealkylation sites (N-methyl/N-ethyl adjacent to an activating group) is 2. The summed E-state index contributed by atoms with van der Waals surface area (Å²) in [4.78, 5) is 42.4. The van der Waals surface area contributed by atoms with Gasteiger partial charge in [-0.2, -0.15) is 0 Å². The van der Waals surface area contributed by atoms with Gasteiger partial charge in [0.1, 0.15) is 23.9 Å². The summed E-state index contributed by atoms with van der Waals surface area (Å²) in [6, 6.07) is 3.63. The topological polar surface area (TPSA) is 121 Å². The Bertz CT molecular complexity index is 1140. The van der Waals surface area contributed by atoms with E-state index >= 15 is 0 Å². The molecule has 0 saturated carbocycles. The molecule has 1 unspecified atom stereocenters. The third kappa shape index (κ3) is 5.35. The number of nitrogens with zero attached hydrogens (tertiary/aromatic N) is 5. The standard InChI is InChI=1S/C24H31N7O4/c1-30-12-15-9-16(10-18(34-3)21(15)35-4)26-11-17-20-22(27-14-28-23(20)29-24(17)33)25-7-5-6-8-31(2)19(32)13-30/h9-11,14,17H,5-8,12-13H2,1-4H3,(H2,25,27,28,29,33). The van der Waals surface area contributed by atoms with Gasteiger partial charge < -0.3 is 25.0 Å². The van der Waals surface area contributed by atoms with E-state index in [1.54, 1.807) is 31.4 Å². The Hall–Kier alpha value is -3.73. The first-order valence-electron chi connectivity index (χ1n) is 11.5. The molecule has 2 aliphatic heterocycles. The molecule has 2 aromatic rings. The fourth-order valence-electron chi connectivity index (χ4n) is 4.28. The number of benzene rings is 1. The predicted octanol–water partition coefficient (Wildman–Crippen LogP) is 2.03. The van der Waals surface area contributed by atoms with Crippen LogP contribution in [0.2, 0.25) is 0 Å². The number of carbonyl (C=O) groups is 2. The maximum atomic E-state index is 12.7. The minimum Gasteiger partial charge on any atom is -0.493 e. The minimum atomic E-state index is -0.629. The van der Waals surface area contributed by atoms with Gasteiger partial charge >= 0.3 is 0 Å². The second-order valence-electron chi connectivity index (χ2n) is 8.69. The molecule has 2 bridgehead atoms. The zero-order chi connectivity index (χ0) is 24.9. The highest BCUT2D eigenvalue weighted by atomic mass is 16.5. The lowest BCUT2D eigenvalue weighted by molar-refractivity contribution is -0.131. The lowest BCUT2D eigenvalue weighted by Gasteiger charge is -2.23. The molecule has 11 nitrogen and oxygen atoms in total. The number of fused-ring (bicyclic) bond motifs is 2. The SMILES string of the molecule is COc1cc2cc(c1OC)CN(C)CC(=O)N(C)CCCCNc1ncnc3c1C(C=N2)C(=O)N3. The van der Waals surface area contributed by atoms with E-state index in [1.165, 1.54) is 6.33 Å². The van der Waals surface area contributed by atoms with E-state index in [0.29, 0.717) is 54.0 Å². The van der Waals surface area contributed by atoms with Crippen LogP contribution in [0.15, 0.2) is 23.5 Å². The van der Waals surface area contributed by atoms with Crippen LogP contribution in [0.3, 0.4) is 0 Å². The molecule has 2 N–H and O–H groups in total. The molecule has 0 saturated heterocycles. The number of aromatic nitrogens is 2.